The van der Waals surface area contributed by atoms with Gasteiger partial charge in [-0.1, -0.05) is 60.0 Å². The Hall–Kier alpha value is -0.370. The number of hydrogen-bond donors (Lipinski definition) is 0. The van der Waals surface area contributed by atoms with E-state index in [1.165, 1.54) is 49.9 Å². The first-order chi connectivity index (χ1) is 12.0. The lowest BCUT2D eigenvalue weighted by Gasteiger charge is -2.38. The smallest absolute Gasteiger partial charge is 0.128 e. The van der Waals surface area contributed by atoms with Gasteiger partial charge >= 0.3 is 0 Å². The summed E-state index contributed by atoms with van der Waals surface area (Å²) in [7, 11) is 0. The van der Waals surface area contributed by atoms with E-state index in [0.29, 0.717) is 23.9 Å². The van der Waals surface area contributed by atoms with E-state index in [1.54, 1.807) is 0 Å². The third-order valence-electron chi connectivity index (χ3n) is 5.80. The first kappa shape index (κ1) is 22.7. The fourth-order valence-corrected chi connectivity index (χ4v) is 4.71. The molecule has 0 aromatic heterocycles. The molecule has 0 unspecified atom stereocenters. The molecular formula is C23H42OS. The second-order valence-electron chi connectivity index (χ2n) is 8.18. The molecule has 0 saturated heterocycles. The van der Waals surface area contributed by atoms with Crippen LogP contribution in [0.1, 0.15) is 86.5 Å². The Balaban J connectivity index is 2.89. The largest absolute Gasteiger partial charge is 0.489 e. The van der Waals surface area contributed by atoms with Crippen LogP contribution in [0.4, 0.5) is 0 Å². The highest BCUT2D eigenvalue weighted by Gasteiger charge is 2.33. The summed E-state index contributed by atoms with van der Waals surface area (Å²) in [6, 6.07) is 0. The molecule has 1 aliphatic carbocycles. The van der Waals surface area contributed by atoms with Crippen molar-refractivity contribution >= 4 is 11.8 Å². The minimum atomic E-state index is 0.376. The maximum atomic E-state index is 6.66. The van der Waals surface area contributed by atoms with Crippen molar-refractivity contribution in [2.45, 2.75) is 92.6 Å². The summed E-state index contributed by atoms with van der Waals surface area (Å²) in [5, 5.41) is 0. The van der Waals surface area contributed by atoms with Crippen molar-refractivity contribution in [2.24, 2.45) is 23.7 Å². The van der Waals surface area contributed by atoms with Gasteiger partial charge in [0.2, 0.25) is 0 Å². The van der Waals surface area contributed by atoms with Crippen LogP contribution in [0.25, 0.3) is 0 Å². The van der Waals surface area contributed by atoms with E-state index in [2.05, 4.69) is 60.0 Å². The van der Waals surface area contributed by atoms with E-state index in [9.17, 15) is 0 Å². The van der Waals surface area contributed by atoms with Crippen LogP contribution in [-0.4, -0.2) is 12.4 Å². The lowest BCUT2D eigenvalue weighted by atomic mass is 9.75. The Bertz CT molecular complexity index is 424. The fraction of sp³-hybridized carbons (Fsp3) is 0.826. The van der Waals surface area contributed by atoms with Crippen molar-refractivity contribution in [2.75, 3.05) is 6.26 Å². The van der Waals surface area contributed by atoms with Crippen LogP contribution in [0.5, 0.6) is 0 Å². The zero-order chi connectivity index (χ0) is 18.8. The molecule has 0 aromatic carbocycles. The molecule has 0 N–H and O–H groups in total. The van der Waals surface area contributed by atoms with Crippen LogP contribution in [0.15, 0.2) is 22.8 Å². The predicted octanol–water partition coefficient (Wildman–Crippen LogP) is 7.83. The molecule has 146 valence electrons. The Morgan fingerprint density at radius 3 is 2.48 bits per heavy atom. The normalized spacial score (nSPS) is 26.8. The summed E-state index contributed by atoms with van der Waals surface area (Å²) in [5.41, 5.74) is 0. The van der Waals surface area contributed by atoms with Gasteiger partial charge in [0, 0.05) is 4.91 Å². The van der Waals surface area contributed by atoms with Gasteiger partial charge in [-0.05, 0) is 68.6 Å². The Morgan fingerprint density at radius 2 is 1.96 bits per heavy atom. The van der Waals surface area contributed by atoms with Crippen molar-refractivity contribution in [3.8, 4) is 0 Å². The molecule has 2 heteroatoms. The Labute approximate surface area is 162 Å². The molecule has 1 saturated carbocycles. The van der Waals surface area contributed by atoms with Crippen LogP contribution in [0.3, 0.4) is 0 Å². The van der Waals surface area contributed by atoms with Crippen LogP contribution in [-0.2, 0) is 4.74 Å². The van der Waals surface area contributed by atoms with Gasteiger partial charge in [-0.2, -0.15) is 0 Å². The number of allylic oxidation sites excluding steroid dienone is 2. The lowest BCUT2D eigenvalue weighted by Crippen LogP contribution is -2.34. The summed E-state index contributed by atoms with van der Waals surface area (Å²) in [5.74, 6) is 3.97. The van der Waals surface area contributed by atoms with E-state index in [1.807, 2.05) is 11.8 Å². The van der Waals surface area contributed by atoms with Crippen molar-refractivity contribution in [1.29, 1.82) is 0 Å². The Kier molecular flexibility index (Phi) is 11.0. The number of thioether (sulfide) groups is 1. The molecule has 1 nitrogen and oxygen atoms in total. The molecule has 4 atom stereocenters. The quantitative estimate of drug-likeness (QED) is 0.288. The van der Waals surface area contributed by atoms with Crippen molar-refractivity contribution in [3.05, 3.63) is 22.8 Å². The zero-order valence-electron chi connectivity index (χ0n) is 17.8. The zero-order valence-corrected chi connectivity index (χ0v) is 18.6. The van der Waals surface area contributed by atoms with Gasteiger partial charge < -0.3 is 4.74 Å². The SMILES string of the molecule is C/C=C(O[C@@H]1C[C@H](C)CC[C@H]1C(C)C)/C(=C/[C@@H](CC)CCCC)SC. The number of ether oxygens (including phenoxy) is 1. The number of hydrogen-bond acceptors (Lipinski definition) is 2. The van der Waals surface area contributed by atoms with Gasteiger partial charge in [0.15, 0.2) is 0 Å². The summed E-state index contributed by atoms with van der Waals surface area (Å²) >= 11 is 1.85. The predicted molar refractivity (Wildman–Crippen MR) is 115 cm³/mol. The van der Waals surface area contributed by atoms with Crippen LogP contribution in [0, 0.1) is 23.7 Å². The maximum absolute atomic E-state index is 6.66. The summed E-state index contributed by atoms with van der Waals surface area (Å²) in [6.45, 7) is 13.8. The minimum absolute atomic E-state index is 0.376. The molecular weight excluding hydrogens is 324 g/mol. The molecule has 0 aromatic rings. The standard InChI is InChI=1S/C23H42OS/c1-8-11-12-19(9-2)16-23(25-7)21(10-3)24-22-15-18(6)13-14-20(22)17(4)5/h10,16-20,22H,8-9,11-15H2,1-7H3/b21-10-,23-16-/t18-,19+,20+,22-/m1/s1. The van der Waals surface area contributed by atoms with Gasteiger partial charge in [0.25, 0.3) is 0 Å². The van der Waals surface area contributed by atoms with E-state index in [-0.39, 0.29) is 0 Å². The highest BCUT2D eigenvalue weighted by atomic mass is 32.2. The van der Waals surface area contributed by atoms with Gasteiger partial charge in [0.05, 0.1) is 0 Å². The van der Waals surface area contributed by atoms with Crippen LogP contribution < -0.4 is 0 Å². The summed E-state index contributed by atoms with van der Waals surface area (Å²) in [6.07, 6.45) is 16.2. The molecule has 0 aliphatic heterocycles. The summed E-state index contributed by atoms with van der Waals surface area (Å²) in [4.78, 5) is 1.34. The van der Waals surface area contributed by atoms with E-state index >= 15 is 0 Å². The van der Waals surface area contributed by atoms with Gasteiger partial charge in [-0.3, -0.25) is 0 Å². The number of rotatable bonds is 10. The van der Waals surface area contributed by atoms with E-state index in [4.69, 9.17) is 4.74 Å². The average Bonchev–Trinajstić information content (AvgIpc) is 2.60. The molecule has 1 rings (SSSR count). The lowest BCUT2D eigenvalue weighted by molar-refractivity contribution is 0.00274. The van der Waals surface area contributed by atoms with Gasteiger partial charge in [-0.25, -0.2) is 0 Å². The average molecular weight is 367 g/mol. The van der Waals surface area contributed by atoms with Crippen molar-refractivity contribution < 1.29 is 4.74 Å². The third kappa shape index (κ3) is 7.41. The monoisotopic (exact) mass is 366 g/mol. The van der Waals surface area contributed by atoms with Crippen LogP contribution >= 0.6 is 11.8 Å². The first-order valence-corrected chi connectivity index (χ1v) is 11.8. The van der Waals surface area contributed by atoms with Gasteiger partial charge in [-0.15, -0.1) is 11.8 Å². The molecule has 0 amide bonds. The van der Waals surface area contributed by atoms with Crippen molar-refractivity contribution in [3.63, 3.8) is 0 Å². The minimum Gasteiger partial charge on any atom is -0.489 e. The molecule has 1 fully saturated rings. The van der Waals surface area contributed by atoms with E-state index in [0.717, 1.165) is 11.7 Å². The topological polar surface area (TPSA) is 9.23 Å². The van der Waals surface area contributed by atoms with Gasteiger partial charge in [0.1, 0.15) is 11.9 Å². The summed E-state index contributed by atoms with van der Waals surface area (Å²) < 4.78 is 6.66. The molecule has 0 radical (unpaired) electrons. The maximum Gasteiger partial charge on any atom is 0.128 e. The van der Waals surface area contributed by atoms with E-state index < -0.39 is 0 Å². The number of unbranched alkanes of at least 4 members (excludes halogenated alkanes) is 1. The molecule has 0 heterocycles. The Morgan fingerprint density at radius 1 is 1.24 bits per heavy atom. The molecule has 0 bridgehead atoms. The second kappa shape index (κ2) is 12.1. The second-order valence-corrected chi connectivity index (χ2v) is 9.03. The first-order valence-electron chi connectivity index (χ1n) is 10.6. The third-order valence-corrected chi connectivity index (χ3v) is 6.58. The highest BCUT2D eigenvalue weighted by Crippen LogP contribution is 2.38. The molecule has 1 aliphatic rings. The van der Waals surface area contributed by atoms with Crippen molar-refractivity contribution in [1.82, 2.24) is 0 Å². The van der Waals surface area contributed by atoms with Crippen LogP contribution in [0.2, 0.25) is 0 Å². The molecule has 0 spiro atoms. The molecule has 25 heavy (non-hydrogen) atoms. The highest BCUT2D eigenvalue weighted by molar-refractivity contribution is 8.02. The fourth-order valence-electron chi connectivity index (χ4n) is 4.02.